The molecule has 1 fully saturated rings. The van der Waals surface area contributed by atoms with Crippen LogP contribution in [0.25, 0.3) is 0 Å². The largest absolute Gasteiger partial charge is 0.346 e. The third kappa shape index (κ3) is 2.14. The standard InChI is InChI=1S/C10H11NO4/c1-7-6-14-10(15-7)8-2-4-9(5-3-8)11(12)13/h2-5,7,10H,6H2,1H3. The lowest BCUT2D eigenvalue weighted by atomic mass is 10.2. The second-order valence-corrected chi connectivity index (χ2v) is 3.46. The first-order valence-electron chi connectivity index (χ1n) is 4.68. The lowest BCUT2D eigenvalue weighted by molar-refractivity contribution is -0.384. The van der Waals surface area contributed by atoms with Crippen LogP contribution in [-0.4, -0.2) is 17.6 Å². The molecule has 2 atom stereocenters. The maximum Gasteiger partial charge on any atom is 0.269 e. The van der Waals surface area contributed by atoms with Gasteiger partial charge in [-0.2, -0.15) is 0 Å². The highest BCUT2D eigenvalue weighted by molar-refractivity contribution is 5.33. The van der Waals surface area contributed by atoms with Crippen LogP contribution >= 0.6 is 0 Å². The molecule has 2 rings (SSSR count). The molecule has 1 aromatic carbocycles. The van der Waals surface area contributed by atoms with Crippen LogP contribution in [0, 0.1) is 10.1 Å². The number of nitro benzene ring substituents is 1. The number of non-ortho nitro benzene ring substituents is 1. The molecule has 0 aromatic heterocycles. The zero-order valence-corrected chi connectivity index (χ0v) is 8.25. The minimum absolute atomic E-state index is 0.0739. The van der Waals surface area contributed by atoms with Crippen LogP contribution in [0.1, 0.15) is 18.8 Å². The molecule has 0 N–H and O–H groups in total. The van der Waals surface area contributed by atoms with Gasteiger partial charge in [0, 0.05) is 17.7 Å². The zero-order chi connectivity index (χ0) is 10.8. The summed E-state index contributed by atoms with van der Waals surface area (Å²) in [5.41, 5.74) is 0.884. The van der Waals surface area contributed by atoms with E-state index in [1.807, 2.05) is 6.92 Å². The lowest BCUT2D eigenvalue weighted by Gasteiger charge is -2.09. The van der Waals surface area contributed by atoms with E-state index in [0.717, 1.165) is 5.56 Å². The van der Waals surface area contributed by atoms with Crippen LogP contribution in [0.3, 0.4) is 0 Å². The van der Waals surface area contributed by atoms with Crippen molar-refractivity contribution in [3.8, 4) is 0 Å². The third-order valence-electron chi connectivity index (χ3n) is 2.21. The first kappa shape index (κ1) is 10.1. The summed E-state index contributed by atoms with van der Waals surface area (Å²) < 4.78 is 10.8. The number of nitrogens with zero attached hydrogens (tertiary/aromatic N) is 1. The number of hydrogen-bond donors (Lipinski definition) is 0. The zero-order valence-electron chi connectivity index (χ0n) is 8.25. The van der Waals surface area contributed by atoms with E-state index in [9.17, 15) is 10.1 Å². The van der Waals surface area contributed by atoms with E-state index < -0.39 is 4.92 Å². The summed E-state index contributed by atoms with van der Waals surface area (Å²) in [6, 6.07) is 6.21. The van der Waals surface area contributed by atoms with E-state index in [1.165, 1.54) is 12.1 Å². The Morgan fingerprint density at radius 2 is 2.07 bits per heavy atom. The Balaban J connectivity index is 2.13. The van der Waals surface area contributed by atoms with E-state index in [-0.39, 0.29) is 18.1 Å². The van der Waals surface area contributed by atoms with Crippen molar-refractivity contribution in [1.29, 1.82) is 0 Å². The average molecular weight is 209 g/mol. The fourth-order valence-corrected chi connectivity index (χ4v) is 1.44. The summed E-state index contributed by atoms with van der Waals surface area (Å²) in [4.78, 5) is 10.0. The molecule has 5 nitrogen and oxygen atoms in total. The predicted molar refractivity (Wildman–Crippen MR) is 52.3 cm³/mol. The van der Waals surface area contributed by atoms with Gasteiger partial charge in [0.2, 0.25) is 0 Å². The highest BCUT2D eigenvalue weighted by Gasteiger charge is 2.24. The van der Waals surface area contributed by atoms with Gasteiger partial charge in [-0.15, -0.1) is 0 Å². The fourth-order valence-electron chi connectivity index (χ4n) is 1.44. The van der Waals surface area contributed by atoms with Gasteiger partial charge in [-0.25, -0.2) is 0 Å². The summed E-state index contributed by atoms with van der Waals surface area (Å²) in [5, 5.41) is 10.4. The predicted octanol–water partition coefficient (Wildman–Crippen LogP) is 2.03. The molecule has 0 radical (unpaired) electrons. The first-order valence-corrected chi connectivity index (χ1v) is 4.68. The maximum atomic E-state index is 10.4. The molecule has 1 aliphatic heterocycles. The van der Waals surface area contributed by atoms with E-state index >= 15 is 0 Å². The SMILES string of the molecule is CC1COC(c2ccc([N+](=O)[O-])cc2)O1. The normalized spacial score (nSPS) is 25.4. The van der Waals surface area contributed by atoms with Gasteiger partial charge in [-0.3, -0.25) is 10.1 Å². The Bertz CT molecular complexity index is 362. The van der Waals surface area contributed by atoms with Gasteiger partial charge in [0.1, 0.15) is 0 Å². The third-order valence-corrected chi connectivity index (χ3v) is 2.21. The van der Waals surface area contributed by atoms with Crippen LogP contribution in [-0.2, 0) is 9.47 Å². The van der Waals surface area contributed by atoms with E-state index in [2.05, 4.69) is 0 Å². The Hall–Kier alpha value is -1.46. The average Bonchev–Trinajstić information content (AvgIpc) is 2.65. The molecule has 1 aromatic rings. The van der Waals surface area contributed by atoms with Crippen LogP contribution in [0.15, 0.2) is 24.3 Å². The van der Waals surface area contributed by atoms with Crippen LogP contribution < -0.4 is 0 Å². The van der Waals surface area contributed by atoms with Crippen molar-refractivity contribution >= 4 is 5.69 Å². The number of hydrogen-bond acceptors (Lipinski definition) is 4. The molecule has 1 saturated heterocycles. The van der Waals surface area contributed by atoms with Gasteiger partial charge in [-0.05, 0) is 19.1 Å². The molecule has 1 heterocycles. The van der Waals surface area contributed by atoms with Crippen molar-refractivity contribution in [2.24, 2.45) is 0 Å². The smallest absolute Gasteiger partial charge is 0.269 e. The maximum absolute atomic E-state index is 10.4. The second kappa shape index (κ2) is 3.96. The van der Waals surface area contributed by atoms with Crippen molar-refractivity contribution in [1.82, 2.24) is 0 Å². The minimum Gasteiger partial charge on any atom is -0.346 e. The van der Waals surface area contributed by atoms with E-state index in [1.54, 1.807) is 12.1 Å². The number of nitro groups is 1. The molecule has 80 valence electrons. The molecule has 0 saturated carbocycles. The Morgan fingerprint density at radius 1 is 1.40 bits per heavy atom. The topological polar surface area (TPSA) is 61.6 Å². The molecular formula is C10H11NO4. The second-order valence-electron chi connectivity index (χ2n) is 3.46. The quantitative estimate of drug-likeness (QED) is 0.552. The van der Waals surface area contributed by atoms with Gasteiger partial charge in [0.05, 0.1) is 17.6 Å². The molecule has 1 aliphatic rings. The number of rotatable bonds is 2. The summed E-state index contributed by atoms with van der Waals surface area (Å²) in [6.07, 6.45) is -0.314. The molecular weight excluding hydrogens is 198 g/mol. The van der Waals surface area contributed by atoms with Crippen molar-refractivity contribution < 1.29 is 14.4 Å². The molecule has 0 bridgehead atoms. The molecule has 0 amide bonds. The molecule has 0 spiro atoms. The Morgan fingerprint density at radius 3 is 2.53 bits per heavy atom. The highest BCUT2D eigenvalue weighted by atomic mass is 16.7. The fraction of sp³-hybridized carbons (Fsp3) is 0.400. The van der Waals surface area contributed by atoms with Gasteiger partial charge in [0.15, 0.2) is 6.29 Å². The van der Waals surface area contributed by atoms with Crippen LogP contribution in [0.2, 0.25) is 0 Å². The Labute approximate surface area is 86.8 Å². The van der Waals surface area contributed by atoms with Crippen LogP contribution in [0.4, 0.5) is 5.69 Å². The minimum atomic E-state index is -0.428. The van der Waals surface area contributed by atoms with Crippen molar-refractivity contribution in [3.05, 3.63) is 39.9 Å². The van der Waals surface area contributed by atoms with E-state index in [0.29, 0.717) is 6.61 Å². The summed E-state index contributed by atoms with van der Waals surface area (Å²) in [7, 11) is 0. The number of benzene rings is 1. The van der Waals surface area contributed by atoms with Gasteiger partial charge in [-0.1, -0.05) is 0 Å². The highest BCUT2D eigenvalue weighted by Crippen LogP contribution is 2.27. The molecule has 2 unspecified atom stereocenters. The van der Waals surface area contributed by atoms with E-state index in [4.69, 9.17) is 9.47 Å². The monoisotopic (exact) mass is 209 g/mol. The van der Waals surface area contributed by atoms with Crippen LogP contribution in [0.5, 0.6) is 0 Å². The summed E-state index contributed by atoms with van der Waals surface area (Å²) in [6.45, 7) is 2.48. The molecule has 5 heteroatoms. The molecule has 0 aliphatic carbocycles. The summed E-state index contributed by atoms with van der Waals surface area (Å²) >= 11 is 0. The lowest BCUT2D eigenvalue weighted by Crippen LogP contribution is -2.02. The van der Waals surface area contributed by atoms with Gasteiger partial charge in [0.25, 0.3) is 5.69 Å². The summed E-state index contributed by atoms with van der Waals surface area (Å²) in [5.74, 6) is 0. The molecule has 15 heavy (non-hydrogen) atoms. The number of ether oxygens (including phenoxy) is 2. The first-order chi connectivity index (χ1) is 7.16. The van der Waals surface area contributed by atoms with Gasteiger partial charge < -0.3 is 9.47 Å². The van der Waals surface area contributed by atoms with Crippen molar-refractivity contribution in [2.75, 3.05) is 6.61 Å². The van der Waals surface area contributed by atoms with Gasteiger partial charge >= 0.3 is 0 Å². The van der Waals surface area contributed by atoms with Crippen molar-refractivity contribution in [2.45, 2.75) is 19.3 Å². The van der Waals surface area contributed by atoms with Crippen molar-refractivity contribution in [3.63, 3.8) is 0 Å². The Kier molecular flexibility index (Phi) is 2.66.